The average Bonchev–Trinajstić information content (AvgIpc) is 3.66. The minimum absolute atomic E-state index is 0.384. The van der Waals surface area contributed by atoms with E-state index in [0.29, 0.717) is 0 Å². The van der Waals surface area contributed by atoms with Crippen LogP contribution < -0.4 is 0 Å². The summed E-state index contributed by atoms with van der Waals surface area (Å²) < 4.78 is 2.26. The Hall–Kier alpha value is -5.71. The molecular weight excluding hydrogens is 615 g/mol. The third-order valence-corrected chi connectivity index (χ3v) is 11.5. The van der Waals surface area contributed by atoms with Gasteiger partial charge in [0.15, 0.2) is 0 Å². The van der Waals surface area contributed by atoms with E-state index in [1.54, 1.807) is 0 Å². The summed E-state index contributed by atoms with van der Waals surface area (Å²) in [5.41, 5.74) is 16.2. The fourth-order valence-corrected chi connectivity index (χ4v) is 9.40. The monoisotopic (exact) mass is 645 g/mol. The van der Waals surface area contributed by atoms with Crippen molar-refractivity contribution in [3.05, 3.63) is 185 Å². The van der Waals surface area contributed by atoms with Gasteiger partial charge in [0.05, 0.1) is 16.4 Å². The molecule has 3 heterocycles. The predicted octanol–water partition coefficient (Wildman–Crippen LogP) is 11.2. The summed E-state index contributed by atoms with van der Waals surface area (Å²) in [7, 11) is 0. The summed E-state index contributed by atoms with van der Waals surface area (Å²) in [6, 6.07) is 55.6. The molecule has 0 atom stereocenters. The SMILES string of the molecule is Cc1ccc(-c2nc3ccccc3n2-c2ccc(-c3ccc4c(c3)C3(c5ccccc5S4)c4ccccc4-c4ccccc43)cc2)c(C)n1. The second kappa shape index (κ2) is 10.6. The topological polar surface area (TPSA) is 30.7 Å². The van der Waals surface area contributed by atoms with Crippen molar-refractivity contribution < 1.29 is 0 Å². The molecule has 0 radical (unpaired) electrons. The van der Waals surface area contributed by atoms with E-state index in [1.165, 1.54) is 54.3 Å². The molecule has 3 nitrogen and oxygen atoms in total. The van der Waals surface area contributed by atoms with Gasteiger partial charge in [-0.15, -0.1) is 0 Å². The smallest absolute Gasteiger partial charge is 0.147 e. The number of imidazole rings is 1. The number of aryl methyl sites for hydroxylation is 2. The van der Waals surface area contributed by atoms with Crippen LogP contribution in [0.1, 0.15) is 33.6 Å². The fraction of sp³-hybridized carbons (Fsp3) is 0.0667. The fourth-order valence-electron chi connectivity index (χ4n) is 8.23. The number of pyridine rings is 1. The van der Waals surface area contributed by atoms with Gasteiger partial charge in [-0.25, -0.2) is 4.98 Å². The van der Waals surface area contributed by atoms with Crippen LogP contribution in [0.25, 0.3) is 50.4 Å². The zero-order valence-electron chi connectivity index (χ0n) is 27.2. The molecular formula is C45H31N3S. The van der Waals surface area contributed by atoms with E-state index in [1.807, 2.05) is 24.8 Å². The van der Waals surface area contributed by atoms with Crippen molar-refractivity contribution in [1.29, 1.82) is 0 Å². The maximum atomic E-state index is 5.10. The number of fused-ring (bicyclic) bond motifs is 10. The first-order valence-corrected chi connectivity index (χ1v) is 17.6. The number of benzene rings is 6. The summed E-state index contributed by atoms with van der Waals surface area (Å²) in [4.78, 5) is 12.5. The third kappa shape index (κ3) is 4.04. The number of hydrogen-bond acceptors (Lipinski definition) is 3. The Kier molecular flexibility index (Phi) is 6.15. The lowest BCUT2D eigenvalue weighted by Crippen LogP contribution is -2.32. The van der Waals surface area contributed by atoms with Gasteiger partial charge in [0.25, 0.3) is 0 Å². The number of aromatic nitrogens is 3. The predicted molar refractivity (Wildman–Crippen MR) is 201 cm³/mol. The van der Waals surface area contributed by atoms with Crippen LogP contribution in [0.4, 0.5) is 0 Å². The molecule has 4 heteroatoms. The summed E-state index contributed by atoms with van der Waals surface area (Å²) in [5, 5.41) is 0. The third-order valence-electron chi connectivity index (χ3n) is 10.3. The van der Waals surface area contributed by atoms with Gasteiger partial charge in [-0.2, -0.15) is 0 Å². The highest BCUT2D eigenvalue weighted by atomic mass is 32.2. The van der Waals surface area contributed by atoms with Gasteiger partial charge >= 0.3 is 0 Å². The zero-order valence-corrected chi connectivity index (χ0v) is 28.0. The molecule has 2 aliphatic rings. The van der Waals surface area contributed by atoms with Gasteiger partial charge < -0.3 is 0 Å². The van der Waals surface area contributed by atoms with Crippen LogP contribution in [0, 0.1) is 13.8 Å². The quantitative estimate of drug-likeness (QED) is 0.192. The Morgan fingerprint density at radius 3 is 1.90 bits per heavy atom. The molecule has 1 aliphatic carbocycles. The Balaban J connectivity index is 1.14. The molecule has 2 aromatic heterocycles. The molecule has 1 aliphatic heterocycles. The first-order chi connectivity index (χ1) is 24.1. The molecule has 0 bridgehead atoms. The van der Waals surface area contributed by atoms with Crippen LogP contribution in [0.5, 0.6) is 0 Å². The maximum Gasteiger partial charge on any atom is 0.147 e. The second-order valence-corrected chi connectivity index (χ2v) is 14.1. The van der Waals surface area contributed by atoms with Crippen LogP contribution in [-0.2, 0) is 5.41 Å². The van der Waals surface area contributed by atoms with Crippen molar-refractivity contribution in [3.63, 3.8) is 0 Å². The van der Waals surface area contributed by atoms with Crippen LogP contribution in [0.3, 0.4) is 0 Å². The first kappa shape index (κ1) is 28.3. The minimum atomic E-state index is -0.384. The molecule has 8 aromatic rings. The first-order valence-electron chi connectivity index (χ1n) is 16.8. The molecule has 0 fully saturated rings. The minimum Gasteiger partial charge on any atom is -0.292 e. The molecule has 0 saturated carbocycles. The van der Waals surface area contributed by atoms with Crippen LogP contribution in [-0.4, -0.2) is 14.5 Å². The molecule has 1 spiro atoms. The molecule has 6 aromatic carbocycles. The van der Waals surface area contributed by atoms with Crippen LogP contribution >= 0.6 is 11.8 Å². The summed E-state index contributed by atoms with van der Waals surface area (Å²) in [6.45, 7) is 4.10. The van der Waals surface area contributed by atoms with E-state index < -0.39 is 0 Å². The van der Waals surface area contributed by atoms with Gasteiger partial charge in [-0.1, -0.05) is 109 Å². The number of hydrogen-bond donors (Lipinski definition) is 0. The highest BCUT2D eigenvalue weighted by Crippen LogP contribution is 2.62. The second-order valence-electron chi connectivity index (χ2n) is 13.0. The van der Waals surface area contributed by atoms with Gasteiger partial charge in [-0.3, -0.25) is 9.55 Å². The van der Waals surface area contributed by atoms with E-state index in [2.05, 4.69) is 157 Å². The Morgan fingerprint density at radius 2 is 1.14 bits per heavy atom. The molecule has 232 valence electrons. The summed E-state index contributed by atoms with van der Waals surface area (Å²) in [6.07, 6.45) is 0. The Bertz CT molecular complexity index is 2570. The molecule has 0 amide bonds. The van der Waals surface area contributed by atoms with Crippen molar-refractivity contribution in [1.82, 2.24) is 14.5 Å². The van der Waals surface area contributed by atoms with E-state index >= 15 is 0 Å². The zero-order chi connectivity index (χ0) is 32.7. The van der Waals surface area contributed by atoms with Crippen molar-refractivity contribution in [2.75, 3.05) is 0 Å². The number of rotatable bonds is 3. The molecule has 0 unspecified atom stereocenters. The Labute approximate surface area is 290 Å². The lowest BCUT2D eigenvalue weighted by molar-refractivity contribution is 0.723. The van der Waals surface area contributed by atoms with E-state index in [0.717, 1.165) is 39.5 Å². The van der Waals surface area contributed by atoms with Gasteiger partial charge in [0.1, 0.15) is 5.82 Å². The molecule has 0 saturated heterocycles. The van der Waals surface area contributed by atoms with Crippen molar-refractivity contribution in [2.24, 2.45) is 0 Å². The normalized spacial score (nSPS) is 13.6. The van der Waals surface area contributed by atoms with E-state index in [4.69, 9.17) is 9.97 Å². The van der Waals surface area contributed by atoms with E-state index in [-0.39, 0.29) is 5.41 Å². The average molecular weight is 646 g/mol. The van der Waals surface area contributed by atoms with Crippen molar-refractivity contribution in [2.45, 2.75) is 29.1 Å². The van der Waals surface area contributed by atoms with Crippen LogP contribution in [0.2, 0.25) is 0 Å². The summed E-state index contributed by atoms with van der Waals surface area (Å²) >= 11 is 1.88. The van der Waals surface area contributed by atoms with Gasteiger partial charge in [-0.05, 0) is 113 Å². The Morgan fingerprint density at radius 1 is 0.510 bits per heavy atom. The standard InChI is InChI=1S/C45H31N3S/c1-28-19-25-33(29(2)46-28)44-47-40-16-8-9-17-41(40)48(44)32-23-20-30(21-24-32)31-22-26-43-39(27-31)45(38-15-7-10-18-42(38)49-43)36-13-5-3-11-34(36)35-12-4-6-14-37(35)45/h3-27H,1-2H3. The van der Waals surface area contributed by atoms with Crippen LogP contribution in [0.15, 0.2) is 161 Å². The maximum absolute atomic E-state index is 5.10. The molecule has 10 rings (SSSR count). The lowest BCUT2D eigenvalue weighted by Gasteiger charge is -2.40. The summed E-state index contributed by atoms with van der Waals surface area (Å²) in [5.74, 6) is 0.906. The van der Waals surface area contributed by atoms with Gasteiger partial charge in [0, 0.05) is 32.4 Å². The van der Waals surface area contributed by atoms with Crippen molar-refractivity contribution >= 4 is 22.8 Å². The highest BCUT2D eigenvalue weighted by Gasteiger charge is 2.50. The number of nitrogens with zero attached hydrogens (tertiary/aromatic N) is 3. The highest BCUT2D eigenvalue weighted by molar-refractivity contribution is 7.99. The largest absolute Gasteiger partial charge is 0.292 e. The molecule has 49 heavy (non-hydrogen) atoms. The van der Waals surface area contributed by atoms with E-state index in [9.17, 15) is 0 Å². The van der Waals surface area contributed by atoms with Crippen molar-refractivity contribution in [3.8, 4) is 39.3 Å². The van der Waals surface area contributed by atoms with Gasteiger partial charge in [0.2, 0.25) is 0 Å². The number of para-hydroxylation sites is 2. The lowest BCUT2D eigenvalue weighted by atomic mass is 9.67. The molecule has 0 N–H and O–H groups in total.